The van der Waals surface area contributed by atoms with Crippen LogP contribution in [0.15, 0.2) is 12.2 Å². The van der Waals surface area contributed by atoms with Crippen LogP contribution in [-0.2, 0) is 14.3 Å². The molecule has 0 rings (SSSR count). The number of hydrogen-bond donors (Lipinski definition) is 1. The maximum absolute atomic E-state index is 11.7. The molecule has 0 saturated carbocycles. The molecule has 0 radical (unpaired) electrons. The quantitative estimate of drug-likeness (QED) is 0.560. The minimum absolute atomic E-state index is 0.821. The number of aliphatic carboxylic acids is 1. The van der Waals surface area contributed by atoms with Crippen LogP contribution < -0.4 is 0 Å². The van der Waals surface area contributed by atoms with Crippen molar-refractivity contribution < 1.29 is 32.6 Å². The SMILES string of the molecule is C=C(CC(F)(F)F)C(=O)OCC(=O)O. The van der Waals surface area contributed by atoms with E-state index in [-0.39, 0.29) is 0 Å². The summed E-state index contributed by atoms with van der Waals surface area (Å²) >= 11 is 0. The summed E-state index contributed by atoms with van der Waals surface area (Å²) in [6, 6.07) is 0. The third-order valence-electron chi connectivity index (χ3n) is 1.03. The van der Waals surface area contributed by atoms with Crippen LogP contribution in [0.4, 0.5) is 13.2 Å². The number of carboxylic acids is 1. The molecule has 7 heteroatoms. The average molecular weight is 212 g/mol. The average Bonchev–Trinajstić information content (AvgIpc) is 1.96. The van der Waals surface area contributed by atoms with E-state index in [9.17, 15) is 22.8 Å². The largest absolute Gasteiger partial charge is 0.479 e. The zero-order valence-corrected chi connectivity index (χ0v) is 6.93. The molecule has 0 atom stereocenters. The van der Waals surface area contributed by atoms with Crippen molar-refractivity contribution in [3.05, 3.63) is 12.2 Å². The van der Waals surface area contributed by atoms with E-state index in [1.807, 2.05) is 0 Å². The van der Waals surface area contributed by atoms with Gasteiger partial charge >= 0.3 is 18.1 Å². The summed E-state index contributed by atoms with van der Waals surface area (Å²) in [6.45, 7) is 1.85. The zero-order valence-electron chi connectivity index (χ0n) is 6.93. The molecule has 0 heterocycles. The van der Waals surface area contributed by atoms with E-state index in [0.717, 1.165) is 0 Å². The summed E-state index contributed by atoms with van der Waals surface area (Å²) in [5.41, 5.74) is -0.821. The highest BCUT2D eigenvalue weighted by Crippen LogP contribution is 2.23. The van der Waals surface area contributed by atoms with Gasteiger partial charge in [-0.2, -0.15) is 13.2 Å². The van der Waals surface area contributed by atoms with Crippen molar-refractivity contribution in [2.24, 2.45) is 0 Å². The van der Waals surface area contributed by atoms with Gasteiger partial charge in [-0.25, -0.2) is 9.59 Å². The van der Waals surface area contributed by atoms with Crippen LogP contribution in [0, 0.1) is 0 Å². The van der Waals surface area contributed by atoms with Crippen molar-refractivity contribution in [1.29, 1.82) is 0 Å². The molecule has 14 heavy (non-hydrogen) atoms. The number of carbonyl (C=O) groups is 2. The lowest BCUT2D eigenvalue weighted by atomic mass is 10.2. The number of carbonyl (C=O) groups excluding carboxylic acids is 1. The Morgan fingerprint density at radius 2 is 1.86 bits per heavy atom. The van der Waals surface area contributed by atoms with Gasteiger partial charge in [-0.05, 0) is 0 Å². The maximum Gasteiger partial charge on any atom is 0.393 e. The maximum atomic E-state index is 11.7. The van der Waals surface area contributed by atoms with Gasteiger partial charge in [0.25, 0.3) is 0 Å². The van der Waals surface area contributed by atoms with Crippen LogP contribution in [0.3, 0.4) is 0 Å². The number of esters is 1. The third-order valence-corrected chi connectivity index (χ3v) is 1.03. The molecule has 0 aromatic rings. The summed E-state index contributed by atoms with van der Waals surface area (Å²) in [5, 5.41) is 8.05. The van der Waals surface area contributed by atoms with Crippen molar-refractivity contribution in [3.63, 3.8) is 0 Å². The number of alkyl halides is 3. The fourth-order valence-electron chi connectivity index (χ4n) is 0.543. The molecule has 4 nitrogen and oxygen atoms in total. The van der Waals surface area contributed by atoms with Gasteiger partial charge in [-0.3, -0.25) is 0 Å². The van der Waals surface area contributed by atoms with Gasteiger partial charge in [0.1, 0.15) is 0 Å². The molecule has 0 aromatic carbocycles. The molecule has 0 unspecified atom stereocenters. The Labute approximate surface area is 77.0 Å². The highest BCUT2D eigenvalue weighted by molar-refractivity contribution is 5.89. The van der Waals surface area contributed by atoms with Gasteiger partial charge in [0, 0.05) is 5.57 Å². The second-order valence-electron chi connectivity index (χ2n) is 2.37. The predicted octanol–water partition coefficient (Wildman–Crippen LogP) is 1.12. The highest BCUT2D eigenvalue weighted by atomic mass is 19.4. The van der Waals surface area contributed by atoms with Crippen molar-refractivity contribution in [2.45, 2.75) is 12.6 Å². The van der Waals surface area contributed by atoms with Gasteiger partial charge in [0.2, 0.25) is 0 Å². The van der Waals surface area contributed by atoms with Gasteiger partial charge in [-0.1, -0.05) is 6.58 Å². The summed E-state index contributed by atoms with van der Waals surface area (Å²) < 4.78 is 39.0. The molecule has 0 aliphatic carbocycles. The van der Waals surface area contributed by atoms with Gasteiger partial charge in [0.15, 0.2) is 6.61 Å². The lowest BCUT2D eigenvalue weighted by Crippen LogP contribution is -2.18. The monoisotopic (exact) mass is 212 g/mol. The second-order valence-corrected chi connectivity index (χ2v) is 2.37. The first-order chi connectivity index (χ1) is 6.22. The van der Waals surface area contributed by atoms with E-state index in [0.29, 0.717) is 0 Å². The molecule has 0 bridgehead atoms. The lowest BCUT2D eigenvalue weighted by Gasteiger charge is -2.07. The van der Waals surface area contributed by atoms with Crippen molar-refractivity contribution >= 4 is 11.9 Å². The fraction of sp³-hybridized carbons (Fsp3) is 0.429. The van der Waals surface area contributed by atoms with Crippen LogP contribution in [0.5, 0.6) is 0 Å². The van der Waals surface area contributed by atoms with E-state index in [1.54, 1.807) is 0 Å². The number of halogens is 3. The Hall–Kier alpha value is -1.53. The standard InChI is InChI=1S/C7H7F3O4/c1-4(2-7(8,9)10)6(13)14-3-5(11)12/h1-3H2,(H,11,12). The zero-order chi connectivity index (χ0) is 11.4. The Morgan fingerprint density at radius 3 is 2.21 bits per heavy atom. The van der Waals surface area contributed by atoms with E-state index in [4.69, 9.17) is 5.11 Å². The molecule has 0 aliphatic heterocycles. The topological polar surface area (TPSA) is 63.6 Å². The molecular weight excluding hydrogens is 205 g/mol. The predicted molar refractivity (Wildman–Crippen MR) is 38.4 cm³/mol. The first-order valence-electron chi connectivity index (χ1n) is 3.36. The normalized spacial score (nSPS) is 10.8. The lowest BCUT2D eigenvalue weighted by molar-refractivity contribution is -0.155. The molecule has 80 valence electrons. The summed E-state index contributed by atoms with van der Waals surface area (Å²) in [4.78, 5) is 20.5. The number of rotatable bonds is 4. The van der Waals surface area contributed by atoms with E-state index in [2.05, 4.69) is 11.3 Å². The van der Waals surface area contributed by atoms with Crippen LogP contribution in [0.1, 0.15) is 6.42 Å². The van der Waals surface area contributed by atoms with Crippen LogP contribution >= 0.6 is 0 Å². The molecule has 0 aliphatic rings. The van der Waals surface area contributed by atoms with Gasteiger partial charge < -0.3 is 9.84 Å². The van der Waals surface area contributed by atoms with Crippen molar-refractivity contribution in [2.75, 3.05) is 6.61 Å². The van der Waals surface area contributed by atoms with Crippen LogP contribution in [0.2, 0.25) is 0 Å². The summed E-state index contributed by atoms with van der Waals surface area (Å²) in [6.07, 6.45) is -6.06. The van der Waals surface area contributed by atoms with Gasteiger partial charge in [0.05, 0.1) is 6.42 Å². The molecule has 0 fully saturated rings. The minimum atomic E-state index is -4.56. The minimum Gasteiger partial charge on any atom is -0.479 e. The molecule has 0 amide bonds. The first kappa shape index (κ1) is 12.5. The van der Waals surface area contributed by atoms with E-state index >= 15 is 0 Å². The number of ether oxygens (including phenoxy) is 1. The third kappa shape index (κ3) is 6.04. The van der Waals surface area contributed by atoms with Crippen molar-refractivity contribution in [3.8, 4) is 0 Å². The van der Waals surface area contributed by atoms with E-state index in [1.165, 1.54) is 0 Å². The number of carboxylic acid groups (broad SMARTS) is 1. The second kappa shape index (κ2) is 4.64. The fourth-order valence-corrected chi connectivity index (χ4v) is 0.543. The van der Waals surface area contributed by atoms with Crippen molar-refractivity contribution in [1.82, 2.24) is 0 Å². The molecular formula is C7H7F3O4. The van der Waals surface area contributed by atoms with Gasteiger partial charge in [-0.15, -0.1) is 0 Å². The Bertz CT molecular complexity index is 256. The Balaban J connectivity index is 4.01. The Morgan fingerprint density at radius 1 is 1.36 bits per heavy atom. The summed E-state index contributed by atoms with van der Waals surface area (Å²) in [7, 11) is 0. The van der Waals surface area contributed by atoms with Crippen LogP contribution in [0.25, 0.3) is 0 Å². The smallest absolute Gasteiger partial charge is 0.393 e. The molecule has 0 spiro atoms. The molecule has 1 N–H and O–H groups in total. The first-order valence-corrected chi connectivity index (χ1v) is 3.36. The van der Waals surface area contributed by atoms with Crippen LogP contribution in [-0.4, -0.2) is 29.8 Å². The molecule has 0 aromatic heterocycles. The molecule has 0 saturated heterocycles. The summed E-state index contributed by atoms with van der Waals surface area (Å²) in [5.74, 6) is -2.80. The number of hydrogen-bond acceptors (Lipinski definition) is 3. The highest BCUT2D eigenvalue weighted by Gasteiger charge is 2.31. The van der Waals surface area contributed by atoms with E-state index < -0.39 is 36.7 Å². The Kier molecular flexibility index (Phi) is 4.13.